The average Bonchev–Trinajstić information content (AvgIpc) is 3.13. The van der Waals surface area contributed by atoms with Crippen LogP contribution in [-0.2, 0) is 4.74 Å². The summed E-state index contributed by atoms with van der Waals surface area (Å²) < 4.78 is 5.01. The first-order chi connectivity index (χ1) is 8.63. The maximum Gasteiger partial charge on any atom is 0.259 e. The van der Waals surface area contributed by atoms with Gasteiger partial charge >= 0.3 is 0 Å². The van der Waals surface area contributed by atoms with E-state index in [1.165, 1.54) is 12.3 Å². The second-order valence-corrected chi connectivity index (χ2v) is 4.62. The van der Waals surface area contributed by atoms with E-state index in [2.05, 4.69) is 4.98 Å². The Balaban J connectivity index is 2.19. The molecule has 5 nitrogen and oxygen atoms in total. The Hall–Kier alpha value is -1.62. The Morgan fingerprint density at radius 3 is 2.83 bits per heavy atom. The molecule has 1 aromatic rings. The number of carbonyl (C=O) groups is 1. The first kappa shape index (κ1) is 12.8. The maximum absolute atomic E-state index is 12.3. The topological polar surface area (TPSA) is 62.4 Å². The van der Waals surface area contributed by atoms with Crippen LogP contribution < -0.4 is 5.43 Å². The van der Waals surface area contributed by atoms with Crippen molar-refractivity contribution in [1.82, 2.24) is 9.88 Å². The first-order valence-corrected chi connectivity index (χ1v) is 6.12. The zero-order valence-electron chi connectivity index (χ0n) is 10.7. The zero-order valence-corrected chi connectivity index (χ0v) is 10.7. The monoisotopic (exact) mass is 250 g/mol. The Labute approximate surface area is 106 Å². The van der Waals surface area contributed by atoms with E-state index in [1.54, 1.807) is 18.9 Å². The van der Waals surface area contributed by atoms with Gasteiger partial charge in [0.1, 0.15) is 5.56 Å². The summed E-state index contributed by atoms with van der Waals surface area (Å²) in [5, 5.41) is 0. The van der Waals surface area contributed by atoms with Gasteiger partial charge in [0.05, 0.1) is 6.61 Å². The summed E-state index contributed by atoms with van der Waals surface area (Å²) in [4.78, 5) is 28.8. The molecule has 1 fully saturated rings. The molecule has 1 aliphatic carbocycles. The lowest BCUT2D eigenvalue weighted by atomic mass is 10.2. The smallest absolute Gasteiger partial charge is 0.259 e. The summed E-state index contributed by atoms with van der Waals surface area (Å²) in [6, 6.07) is 1.72. The number of pyridine rings is 1. The average molecular weight is 250 g/mol. The lowest BCUT2D eigenvalue weighted by Gasteiger charge is -2.21. The number of rotatable bonds is 5. The van der Waals surface area contributed by atoms with E-state index >= 15 is 0 Å². The van der Waals surface area contributed by atoms with Gasteiger partial charge in [0.15, 0.2) is 5.43 Å². The number of nitrogens with zero attached hydrogens (tertiary/aromatic N) is 1. The van der Waals surface area contributed by atoms with Crippen LogP contribution >= 0.6 is 0 Å². The minimum atomic E-state index is -0.223. The number of hydrogen-bond acceptors (Lipinski definition) is 3. The highest BCUT2D eigenvalue weighted by atomic mass is 16.5. The van der Waals surface area contributed by atoms with Crippen LogP contribution in [0.4, 0.5) is 0 Å². The molecule has 1 N–H and O–H groups in total. The van der Waals surface area contributed by atoms with Gasteiger partial charge in [-0.15, -0.1) is 0 Å². The first-order valence-electron chi connectivity index (χ1n) is 6.12. The SMILES string of the molecule is COCCN(C(=O)c1c[nH]c(C)cc1=O)C1CC1. The van der Waals surface area contributed by atoms with Gasteiger partial charge in [-0.2, -0.15) is 0 Å². The predicted octanol–water partition coefficient (Wildman–Crippen LogP) is 0.934. The number of aromatic amines is 1. The third kappa shape index (κ3) is 2.79. The van der Waals surface area contributed by atoms with Crippen molar-refractivity contribution in [3.8, 4) is 0 Å². The van der Waals surface area contributed by atoms with Gasteiger partial charge in [-0.3, -0.25) is 9.59 Å². The fraction of sp³-hybridized carbons (Fsp3) is 0.538. The van der Waals surface area contributed by atoms with Crippen molar-refractivity contribution in [1.29, 1.82) is 0 Å². The third-order valence-electron chi connectivity index (χ3n) is 3.07. The summed E-state index contributed by atoms with van der Waals surface area (Å²) >= 11 is 0. The van der Waals surface area contributed by atoms with Crippen LogP contribution in [0.1, 0.15) is 28.9 Å². The van der Waals surface area contributed by atoms with Crippen LogP contribution in [0.25, 0.3) is 0 Å². The largest absolute Gasteiger partial charge is 0.383 e. The molecule has 0 bridgehead atoms. The predicted molar refractivity (Wildman–Crippen MR) is 67.7 cm³/mol. The molecule has 0 aliphatic heterocycles. The third-order valence-corrected chi connectivity index (χ3v) is 3.07. The Bertz CT molecular complexity index is 491. The highest BCUT2D eigenvalue weighted by Gasteiger charge is 2.33. The van der Waals surface area contributed by atoms with Crippen LogP contribution in [0.15, 0.2) is 17.1 Å². The van der Waals surface area contributed by atoms with E-state index in [1.807, 2.05) is 0 Å². The van der Waals surface area contributed by atoms with Crippen molar-refractivity contribution in [2.75, 3.05) is 20.3 Å². The van der Waals surface area contributed by atoms with Crippen LogP contribution in [0.5, 0.6) is 0 Å². The minimum absolute atomic E-state index is 0.198. The van der Waals surface area contributed by atoms with E-state index in [0.29, 0.717) is 13.2 Å². The molecule has 0 aromatic carbocycles. The molecule has 0 saturated heterocycles. The quantitative estimate of drug-likeness (QED) is 0.845. The fourth-order valence-corrected chi connectivity index (χ4v) is 1.92. The number of carbonyl (C=O) groups excluding carboxylic acids is 1. The van der Waals surface area contributed by atoms with Gasteiger partial charge in [0, 0.05) is 37.7 Å². The van der Waals surface area contributed by atoms with Crippen molar-refractivity contribution in [2.45, 2.75) is 25.8 Å². The summed E-state index contributed by atoms with van der Waals surface area (Å²) in [7, 11) is 1.61. The molecule has 5 heteroatoms. The van der Waals surface area contributed by atoms with E-state index in [-0.39, 0.29) is 22.9 Å². The number of nitrogens with one attached hydrogen (secondary N) is 1. The molecule has 1 aromatic heterocycles. The van der Waals surface area contributed by atoms with Crippen molar-refractivity contribution in [3.63, 3.8) is 0 Å². The molecule has 1 aliphatic rings. The summed E-state index contributed by atoms with van der Waals surface area (Å²) in [5.41, 5.74) is 0.745. The molecule has 18 heavy (non-hydrogen) atoms. The van der Waals surface area contributed by atoms with Crippen molar-refractivity contribution in [2.24, 2.45) is 0 Å². The molecule has 0 radical (unpaired) electrons. The van der Waals surface area contributed by atoms with Gasteiger partial charge in [-0.1, -0.05) is 0 Å². The van der Waals surface area contributed by atoms with Crippen LogP contribution in [-0.4, -0.2) is 42.1 Å². The van der Waals surface area contributed by atoms with Crippen LogP contribution in [0.3, 0.4) is 0 Å². The Morgan fingerprint density at radius 2 is 2.28 bits per heavy atom. The second-order valence-electron chi connectivity index (χ2n) is 4.62. The van der Waals surface area contributed by atoms with Gasteiger partial charge in [-0.05, 0) is 19.8 Å². The number of amides is 1. The van der Waals surface area contributed by atoms with Gasteiger partial charge in [-0.25, -0.2) is 0 Å². The number of H-pyrrole nitrogens is 1. The van der Waals surface area contributed by atoms with Crippen molar-refractivity contribution in [3.05, 3.63) is 33.7 Å². The van der Waals surface area contributed by atoms with E-state index in [4.69, 9.17) is 4.74 Å². The molecule has 98 valence electrons. The second kappa shape index (κ2) is 5.35. The highest BCUT2D eigenvalue weighted by molar-refractivity contribution is 5.94. The normalized spacial score (nSPS) is 14.6. The molecule has 2 rings (SSSR count). The lowest BCUT2D eigenvalue weighted by molar-refractivity contribution is 0.0678. The highest BCUT2D eigenvalue weighted by Crippen LogP contribution is 2.27. The molecule has 1 amide bonds. The molecule has 0 unspecified atom stereocenters. The van der Waals surface area contributed by atoms with Gasteiger partial charge in [0.2, 0.25) is 0 Å². The van der Waals surface area contributed by atoms with E-state index < -0.39 is 0 Å². The van der Waals surface area contributed by atoms with Crippen molar-refractivity contribution >= 4 is 5.91 Å². The van der Waals surface area contributed by atoms with Crippen LogP contribution in [0.2, 0.25) is 0 Å². The Kier molecular flexibility index (Phi) is 3.81. The number of aromatic nitrogens is 1. The molecule has 1 heterocycles. The Morgan fingerprint density at radius 1 is 1.56 bits per heavy atom. The number of aryl methyl sites for hydroxylation is 1. The van der Waals surface area contributed by atoms with Gasteiger partial charge in [0.25, 0.3) is 5.91 Å². The van der Waals surface area contributed by atoms with E-state index in [9.17, 15) is 9.59 Å². The zero-order chi connectivity index (χ0) is 13.1. The minimum Gasteiger partial charge on any atom is -0.383 e. The lowest BCUT2D eigenvalue weighted by Crippen LogP contribution is -2.38. The number of ether oxygens (including phenoxy) is 1. The van der Waals surface area contributed by atoms with Gasteiger partial charge < -0.3 is 14.6 Å². The van der Waals surface area contributed by atoms with E-state index in [0.717, 1.165) is 18.5 Å². The number of methoxy groups -OCH3 is 1. The molecule has 0 spiro atoms. The van der Waals surface area contributed by atoms with Crippen LogP contribution in [0, 0.1) is 6.92 Å². The molecule has 0 atom stereocenters. The summed E-state index contributed by atoms with van der Waals surface area (Å²) in [5.74, 6) is -0.198. The summed E-state index contributed by atoms with van der Waals surface area (Å²) in [6.07, 6.45) is 3.53. The maximum atomic E-state index is 12.3. The fourth-order valence-electron chi connectivity index (χ4n) is 1.92. The molecular weight excluding hydrogens is 232 g/mol. The number of hydrogen-bond donors (Lipinski definition) is 1. The standard InChI is InChI=1S/C13H18N2O3/c1-9-7-12(16)11(8-14-9)13(17)15(5-6-18-2)10-3-4-10/h7-8,10H,3-6H2,1-2H3,(H,14,16). The molecule has 1 saturated carbocycles. The summed E-state index contributed by atoms with van der Waals surface area (Å²) in [6.45, 7) is 2.82. The molecular formula is C13H18N2O3. The van der Waals surface area contributed by atoms with Crippen molar-refractivity contribution < 1.29 is 9.53 Å².